The van der Waals surface area contributed by atoms with Crippen molar-refractivity contribution in [2.45, 2.75) is 12.5 Å². The van der Waals surface area contributed by atoms with Crippen molar-refractivity contribution in [2.75, 3.05) is 32.9 Å². The van der Waals surface area contributed by atoms with Crippen molar-refractivity contribution in [3.05, 3.63) is 0 Å². The molecule has 0 radical (unpaired) electrons. The van der Waals surface area contributed by atoms with Crippen LogP contribution in [0.5, 0.6) is 0 Å². The number of piperazine rings is 1. The largest absolute Gasteiger partial charge is 0.368 e. The SMILES string of the molecule is NC(=O)C1CNCCN1CCCF. The number of nitrogens with two attached hydrogens (primary N) is 1. The first-order valence-electron chi connectivity index (χ1n) is 4.55. The predicted octanol–water partition coefficient (Wildman–Crippen LogP) is -0.895. The topological polar surface area (TPSA) is 58.4 Å². The average Bonchev–Trinajstić information content (AvgIpc) is 2.15. The third-order valence-corrected chi connectivity index (χ3v) is 2.26. The Kier molecular flexibility index (Phi) is 4.11. The van der Waals surface area contributed by atoms with Crippen LogP contribution in [0.15, 0.2) is 0 Å². The van der Waals surface area contributed by atoms with Crippen LogP contribution in [-0.4, -0.2) is 49.7 Å². The van der Waals surface area contributed by atoms with Gasteiger partial charge in [-0.1, -0.05) is 0 Å². The van der Waals surface area contributed by atoms with Gasteiger partial charge in [0.15, 0.2) is 0 Å². The number of hydrogen-bond donors (Lipinski definition) is 2. The number of rotatable bonds is 4. The lowest BCUT2D eigenvalue weighted by Gasteiger charge is -2.33. The Bertz CT molecular complexity index is 177. The summed E-state index contributed by atoms with van der Waals surface area (Å²) in [5, 5.41) is 3.09. The first-order valence-corrected chi connectivity index (χ1v) is 4.55. The Morgan fingerprint density at radius 2 is 2.46 bits per heavy atom. The minimum Gasteiger partial charge on any atom is -0.368 e. The maximum atomic E-state index is 11.9. The number of alkyl halides is 1. The normalized spacial score (nSPS) is 24.5. The molecule has 0 aromatic rings. The van der Waals surface area contributed by atoms with Crippen LogP contribution in [-0.2, 0) is 4.79 Å². The number of nitrogens with one attached hydrogen (secondary N) is 1. The number of hydrogen-bond acceptors (Lipinski definition) is 3. The molecule has 1 fully saturated rings. The first kappa shape index (κ1) is 10.4. The van der Waals surface area contributed by atoms with E-state index in [0.29, 0.717) is 19.5 Å². The van der Waals surface area contributed by atoms with Gasteiger partial charge in [0.25, 0.3) is 0 Å². The molecular formula is C8H16FN3O. The summed E-state index contributed by atoms with van der Waals surface area (Å²) >= 11 is 0. The van der Waals surface area contributed by atoms with E-state index in [9.17, 15) is 9.18 Å². The Morgan fingerprint density at radius 3 is 3.08 bits per heavy atom. The quantitative estimate of drug-likeness (QED) is 0.603. The van der Waals surface area contributed by atoms with Gasteiger partial charge >= 0.3 is 0 Å². The monoisotopic (exact) mass is 189 g/mol. The lowest BCUT2D eigenvalue weighted by atomic mass is 10.1. The zero-order chi connectivity index (χ0) is 9.68. The van der Waals surface area contributed by atoms with Crippen molar-refractivity contribution in [2.24, 2.45) is 5.73 Å². The molecule has 0 aromatic carbocycles. The standard InChI is InChI=1S/C8H16FN3O/c9-2-1-4-12-5-3-11-6-7(12)8(10)13/h7,11H,1-6H2,(H2,10,13). The van der Waals surface area contributed by atoms with Crippen molar-refractivity contribution in [3.8, 4) is 0 Å². The van der Waals surface area contributed by atoms with Gasteiger partial charge < -0.3 is 11.1 Å². The van der Waals surface area contributed by atoms with Crippen LogP contribution in [0.2, 0.25) is 0 Å². The number of halogens is 1. The highest BCUT2D eigenvalue weighted by molar-refractivity contribution is 5.80. The molecule has 1 unspecified atom stereocenters. The minimum atomic E-state index is -0.338. The third kappa shape index (κ3) is 2.93. The fourth-order valence-electron chi connectivity index (χ4n) is 1.56. The number of primary amides is 1. The molecule has 0 aliphatic carbocycles. The van der Waals surface area contributed by atoms with Crippen LogP contribution >= 0.6 is 0 Å². The number of amides is 1. The van der Waals surface area contributed by atoms with E-state index in [4.69, 9.17) is 5.73 Å². The maximum Gasteiger partial charge on any atom is 0.236 e. The molecule has 0 aromatic heterocycles. The van der Waals surface area contributed by atoms with Crippen molar-refractivity contribution in [1.82, 2.24) is 10.2 Å². The van der Waals surface area contributed by atoms with Crippen LogP contribution in [0.25, 0.3) is 0 Å². The summed E-state index contributed by atoms with van der Waals surface area (Å²) in [5.74, 6) is -0.328. The van der Waals surface area contributed by atoms with Crippen LogP contribution in [0.3, 0.4) is 0 Å². The molecule has 1 heterocycles. The van der Waals surface area contributed by atoms with Crippen LogP contribution < -0.4 is 11.1 Å². The average molecular weight is 189 g/mol. The summed E-state index contributed by atoms with van der Waals surface area (Å²) in [4.78, 5) is 12.9. The van der Waals surface area contributed by atoms with Crippen LogP contribution in [0, 0.1) is 0 Å². The molecule has 1 aliphatic rings. The number of carbonyl (C=O) groups is 1. The summed E-state index contributed by atoms with van der Waals surface area (Å²) in [6.07, 6.45) is 0.476. The van der Waals surface area contributed by atoms with Gasteiger partial charge in [0.1, 0.15) is 6.04 Å². The predicted molar refractivity (Wildman–Crippen MR) is 48.0 cm³/mol. The van der Waals surface area contributed by atoms with E-state index in [-0.39, 0.29) is 18.6 Å². The summed E-state index contributed by atoms with van der Waals surface area (Å²) in [7, 11) is 0. The maximum absolute atomic E-state index is 11.9. The van der Waals surface area contributed by atoms with Crippen molar-refractivity contribution in [3.63, 3.8) is 0 Å². The molecule has 0 spiro atoms. The Balaban J connectivity index is 2.41. The van der Waals surface area contributed by atoms with Gasteiger partial charge in [-0.25, -0.2) is 0 Å². The van der Waals surface area contributed by atoms with E-state index in [2.05, 4.69) is 5.32 Å². The highest BCUT2D eigenvalue weighted by Crippen LogP contribution is 2.03. The molecule has 0 saturated carbocycles. The molecular weight excluding hydrogens is 173 g/mol. The first-order chi connectivity index (χ1) is 6.25. The molecule has 4 nitrogen and oxygen atoms in total. The molecule has 3 N–H and O–H groups in total. The van der Waals surface area contributed by atoms with Crippen molar-refractivity contribution in [1.29, 1.82) is 0 Å². The highest BCUT2D eigenvalue weighted by atomic mass is 19.1. The molecule has 5 heteroatoms. The lowest BCUT2D eigenvalue weighted by Crippen LogP contribution is -2.57. The molecule has 0 bridgehead atoms. The molecule has 1 rings (SSSR count). The Morgan fingerprint density at radius 1 is 1.69 bits per heavy atom. The van der Waals surface area contributed by atoms with Gasteiger partial charge in [-0.05, 0) is 6.42 Å². The second kappa shape index (κ2) is 5.14. The summed E-state index contributed by atoms with van der Waals surface area (Å²) in [5.41, 5.74) is 5.21. The fourth-order valence-corrected chi connectivity index (χ4v) is 1.56. The Hall–Kier alpha value is -0.680. The van der Waals surface area contributed by atoms with Gasteiger partial charge in [0.05, 0.1) is 6.67 Å². The smallest absolute Gasteiger partial charge is 0.236 e. The molecule has 1 amide bonds. The summed E-state index contributed by atoms with van der Waals surface area (Å²) in [6, 6.07) is -0.264. The summed E-state index contributed by atoms with van der Waals surface area (Å²) in [6.45, 7) is 2.48. The van der Waals surface area contributed by atoms with Crippen LogP contribution in [0.4, 0.5) is 4.39 Å². The van der Waals surface area contributed by atoms with E-state index in [1.165, 1.54) is 0 Å². The summed E-state index contributed by atoms with van der Waals surface area (Å²) < 4.78 is 11.9. The fraction of sp³-hybridized carbons (Fsp3) is 0.875. The van der Waals surface area contributed by atoms with Crippen LogP contribution in [0.1, 0.15) is 6.42 Å². The van der Waals surface area contributed by atoms with Gasteiger partial charge in [-0.15, -0.1) is 0 Å². The molecule has 1 atom stereocenters. The van der Waals surface area contributed by atoms with E-state index in [0.717, 1.165) is 13.1 Å². The minimum absolute atomic E-state index is 0.264. The Labute approximate surface area is 77.3 Å². The van der Waals surface area contributed by atoms with Crippen molar-refractivity contribution >= 4 is 5.91 Å². The molecule has 76 valence electrons. The lowest BCUT2D eigenvalue weighted by molar-refractivity contribution is -0.123. The number of nitrogens with zero attached hydrogens (tertiary/aromatic N) is 1. The van der Waals surface area contributed by atoms with Crippen molar-refractivity contribution < 1.29 is 9.18 Å². The molecule has 1 aliphatic heterocycles. The van der Waals surface area contributed by atoms with Gasteiger partial charge in [-0.3, -0.25) is 14.1 Å². The van der Waals surface area contributed by atoms with Gasteiger partial charge in [0.2, 0.25) is 5.91 Å². The van der Waals surface area contributed by atoms with Gasteiger partial charge in [-0.2, -0.15) is 0 Å². The molecule has 13 heavy (non-hydrogen) atoms. The van der Waals surface area contributed by atoms with Gasteiger partial charge in [0, 0.05) is 26.2 Å². The number of carbonyl (C=O) groups excluding carboxylic acids is 1. The molecule has 1 saturated heterocycles. The van der Waals surface area contributed by atoms with E-state index < -0.39 is 0 Å². The van der Waals surface area contributed by atoms with E-state index in [1.54, 1.807) is 0 Å². The second-order valence-corrected chi connectivity index (χ2v) is 3.20. The zero-order valence-electron chi connectivity index (χ0n) is 7.63. The zero-order valence-corrected chi connectivity index (χ0v) is 7.63. The van der Waals surface area contributed by atoms with E-state index >= 15 is 0 Å². The third-order valence-electron chi connectivity index (χ3n) is 2.26. The van der Waals surface area contributed by atoms with E-state index in [1.807, 2.05) is 4.90 Å². The highest BCUT2D eigenvalue weighted by Gasteiger charge is 2.25. The second-order valence-electron chi connectivity index (χ2n) is 3.20.